The molecular formula is C28H23N9O. The fourth-order valence-electron chi connectivity index (χ4n) is 5.00. The Bertz CT molecular complexity index is 2010. The number of benzene rings is 1. The van der Waals surface area contributed by atoms with Gasteiger partial charge in [0, 0.05) is 41.3 Å². The Morgan fingerprint density at radius 1 is 1.00 bits per heavy atom. The summed E-state index contributed by atoms with van der Waals surface area (Å²) in [5, 5.41) is 10.2. The lowest BCUT2D eigenvalue weighted by molar-refractivity contribution is 0.673. The van der Waals surface area contributed by atoms with Crippen molar-refractivity contribution in [3.8, 4) is 16.8 Å². The number of pyridine rings is 1. The standard InChI is InChI=1S/C28H23N9O/c1-16-9-11-36-23(16)28(38)37(20-6-4-3-5-7-20)27(35-36)17(2)34-26-22-21(14-31-25(22)32-15-33-26)19-12-18-8-10-29-24(18)30-13-19/h3-15,17H,1-2H3,(H,29,30)(H2,31,32,33,34)/t17-/m0/s1. The second-order valence-corrected chi connectivity index (χ2v) is 9.28. The predicted octanol–water partition coefficient (Wildman–Crippen LogP) is 4.78. The molecule has 7 rings (SSSR count). The zero-order valence-electron chi connectivity index (χ0n) is 20.7. The van der Waals surface area contributed by atoms with Gasteiger partial charge in [0.1, 0.15) is 29.0 Å². The van der Waals surface area contributed by atoms with E-state index >= 15 is 0 Å². The molecule has 0 aliphatic heterocycles. The van der Waals surface area contributed by atoms with Crippen LogP contribution in [0, 0.1) is 6.92 Å². The van der Waals surface area contributed by atoms with E-state index in [4.69, 9.17) is 5.10 Å². The van der Waals surface area contributed by atoms with Crippen LogP contribution >= 0.6 is 0 Å². The van der Waals surface area contributed by atoms with Crippen LogP contribution in [0.1, 0.15) is 24.4 Å². The van der Waals surface area contributed by atoms with Crippen molar-refractivity contribution in [2.75, 3.05) is 5.32 Å². The summed E-state index contributed by atoms with van der Waals surface area (Å²) in [6.45, 7) is 3.89. The highest BCUT2D eigenvalue weighted by atomic mass is 16.1. The van der Waals surface area contributed by atoms with Crippen molar-refractivity contribution in [1.82, 2.24) is 39.1 Å². The van der Waals surface area contributed by atoms with Crippen LogP contribution in [0.25, 0.3) is 44.4 Å². The van der Waals surface area contributed by atoms with E-state index in [1.807, 2.05) is 81.1 Å². The number of aryl methyl sites for hydroxylation is 1. The van der Waals surface area contributed by atoms with Crippen LogP contribution in [-0.4, -0.2) is 39.1 Å². The van der Waals surface area contributed by atoms with Crippen molar-refractivity contribution in [3.05, 3.63) is 101 Å². The number of H-pyrrole nitrogens is 2. The molecule has 6 heterocycles. The SMILES string of the molecule is Cc1ccn2nc([C@H](C)Nc3ncnc4[nH]cc(-c5cnc6[nH]ccc6c5)c34)n(-c3ccccc3)c(=O)c12. The first-order valence-electron chi connectivity index (χ1n) is 12.3. The first-order chi connectivity index (χ1) is 18.6. The molecule has 0 fully saturated rings. The van der Waals surface area contributed by atoms with Gasteiger partial charge in [-0.05, 0) is 49.7 Å². The lowest BCUT2D eigenvalue weighted by Crippen LogP contribution is -2.29. The van der Waals surface area contributed by atoms with E-state index in [0.717, 1.165) is 38.8 Å². The van der Waals surface area contributed by atoms with Crippen LogP contribution in [0.4, 0.5) is 5.82 Å². The van der Waals surface area contributed by atoms with Crippen molar-refractivity contribution >= 4 is 33.4 Å². The maximum Gasteiger partial charge on any atom is 0.282 e. The summed E-state index contributed by atoms with van der Waals surface area (Å²) < 4.78 is 3.32. The fourth-order valence-corrected chi connectivity index (χ4v) is 5.00. The number of hydrogen-bond donors (Lipinski definition) is 3. The first-order valence-corrected chi connectivity index (χ1v) is 12.3. The third kappa shape index (κ3) is 3.38. The summed E-state index contributed by atoms with van der Waals surface area (Å²) in [6.07, 6.45) is 8.95. The van der Waals surface area contributed by atoms with Crippen molar-refractivity contribution in [2.45, 2.75) is 19.9 Å². The average Bonchev–Trinajstić information content (AvgIpc) is 3.67. The van der Waals surface area contributed by atoms with E-state index in [0.29, 0.717) is 22.8 Å². The third-order valence-corrected chi connectivity index (χ3v) is 6.85. The molecular weight excluding hydrogens is 478 g/mol. The topological polar surface area (TPSA) is 122 Å². The van der Waals surface area contributed by atoms with Gasteiger partial charge in [-0.2, -0.15) is 5.10 Å². The Hall–Kier alpha value is -5.25. The molecule has 1 aromatic carbocycles. The molecule has 0 saturated carbocycles. The number of para-hydroxylation sites is 1. The molecule has 0 saturated heterocycles. The highest BCUT2D eigenvalue weighted by molar-refractivity contribution is 6.01. The van der Waals surface area contributed by atoms with Crippen molar-refractivity contribution in [3.63, 3.8) is 0 Å². The molecule has 0 unspecified atom stereocenters. The second-order valence-electron chi connectivity index (χ2n) is 9.28. The van der Waals surface area contributed by atoms with Gasteiger partial charge in [0.2, 0.25) is 0 Å². The molecule has 1 atom stereocenters. The van der Waals surface area contributed by atoms with Gasteiger partial charge in [0.05, 0.1) is 17.1 Å². The molecule has 186 valence electrons. The molecule has 0 radical (unpaired) electrons. The van der Waals surface area contributed by atoms with Crippen molar-refractivity contribution in [2.24, 2.45) is 0 Å². The van der Waals surface area contributed by atoms with Gasteiger partial charge in [-0.15, -0.1) is 0 Å². The Kier molecular flexibility index (Phi) is 4.87. The number of nitrogens with zero attached hydrogens (tertiary/aromatic N) is 6. The predicted molar refractivity (Wildman–Crippen MR) is 147 cm³/mol. The summed E-state index contributed by atoms with van der Waals surface area (Å²) in [4.78, 5) is 33.7. The van der Waals surface area contributed by atoms with Gasteiger partial charge in [-0.3, -0.25) is 9.36 Å². The van der Waals surface area contributed by atoms with Crippen LogP contribution in [-0.2, 0) is 0 Å². The Morgan fingerprint density at radius 2 is 1.87 bits per heavy atom. The number of rotatable bonds is 5. The number of anilines is 1. The fraction of sp³-hybridized carbons (Fsp3) is 0.107. The largest absolute Gasteiger partial charge is 0.360 e. The van der Waals surface area contributed by atoms with E-state index in [2.05, 4.69) is 36.3 Å². The van der Waals surface area contributed by atoms with Crippen LogP contribution in [0.15, 0.2) is 84.4 Å². The molecule has 0 bridgehead atoms. The quantitative estimate of drug-likeness (QED) is 0.312. The lowest BCUT2D eigenvalue weighted by atomic mass is 10.1. The van der Waals surface area contributed by atoms with E-state index in [9.17, 15) is 4.79 Å². The van der Waals surface area contributed by atoms with E-state index < -0.39 is 0 Å². The normalized spacial score (nSPS) is 12.5. The van der Waals surface area contributed by atoms with Gasteiger partial charge in [0.15, 0.2) is 5.82 Å². The Labute approximate surface area is 216 Å². The van der Waals surface area contributed by atoms with Crippen LogP contribution in [0.3, 0.4) is 0 Å². The number of aromatic nitrogens is 8. The van der Waals surface area contributed by atoms with E-state index in [1.54, 1.807) is 9.08 Å². The van der Waals surface area contributed by atoms with Crippen molar-refractivity contribution in [1.29, 1.82) is 0 Å². The minimum Gasteiger partial charge on any atom is -0.360 e. The summed E-state index contributed by atoms with van der Waals surface area (Å²) >= 11 is 0. The Balaban J connectivity index is 1.37. The highest BCUT2D eigenvalue weighted by Gasteiger charge is 2.22. The minimum atomic E-state index is -0.374. The maximum absolute atomic E-state index is 13.7. The molecule has 3 N–H and O–H groups in total. The molecule has 0 spiro atoms. The lowest BCUT2D eigenvalue weighted by Gasteiger charge is -2.20. The summed E-state index contributed by atoms with van der Waals surface area (Å²) in [5.41, 5.74) is 5.45. The van der Waals surface area contributed by atoms with Gasteiger partial charge < -0.3 is 15.3 Å². The first kappa shape index (κ1) is 22.0. The number of hydrogen-bond acceptors (Lipinski definition) is 6. The van der Waals surface area contributed by atoms with Gasteiger partial charge in [0.25, 0.3) is 5.56 Å². The Morgan fingerprint density at radius 3 is 2.74 bits per heavy atom. The summed E-state index contributed by atoms with van der Waals surface area (Å²) in [6, 6.07) is 15.2. The molecule has 38 heavy (non-hydrogen) atoms. The zero-order chi connectivity index (χ0) is 25.8. The zero-order valence-corrected chi connectivity index (χ0v) is 20.7. The molecule has 0 amide bonds. The monoisotopic (exact) mass is 501 g/mol. The highest BCUT2D eigenvalue weighted by Crippen LogP contribution is 2.34. The molecule has 6 aromatic heterocycles. The molecule has 10 nitrogen and oxygen atoms in total. The number of aromatic amines is 2. The van der Waals surface area contributed by atoms with Crippen molar-refractivity contribution < 1.29 is 0 Å². The van der Waals surface area contributed by atoms with Crippen LogP contribution < -0.4 is 10.9 Å². The van der Waals surface area contributed by atoms with Gasteiger partial charge in [-0.1, -0.05) is 18.2 Å². The molecule has 0 aliphatic rings. The number of nitrogens with one attached hydrogen (secondary N) is 3. The van der Waals surface area contributed by atoms with E-state index in [1.165, 1.54) is 6.33 Å². The third-order valence-electron chi connectivity index (χ3n) is 6.85. The summed E-state index contributed by atoms with van der Waals surface area (Å²) in [7, 11) is 0. The minimum absolute atomic E-state index is 0.126. The van der Waals surface area contributed by atoms with E-state index in [-0.39, 0.29) is 11.6 Å². The van der Waals surface area contributed by atoms with Crippen LogP contribution in [0.2, 0.25) is 0 Å². The average molecular weight is 502 g/mol. The molecule has 0 aliphatic carbocycles. The number of fused-ring (bicyclic) bond motifs is 3. The van der Waals surface area contributed by atoms with Gasteiger partial charge >= 0.3 is 0 Å². The maximum atomic E-state index is 13.7. The molecule has 7 aromatic rings. The van der Waals surface area contributed by atoms with Gasteiger partial charge in [-0.25, -0.2) is 19.5 Å². The molecule has 10 heteroatoms. The summed E-state index contributed by atoms with van der Waals surface area (Å²) in [5.74, 6) is 1.19. The second kappa shape index (κ2) is 8.41. The van der Waals surface area contributed by atoms with Crippen LogP contribution in [0.5, 0.6) is 0 Å². The smallest absolute Gasteiger partial charge is 0.282 e.